The molecule has 0 aromatic carbocycles. The number of rotatable bonds is 8. The van der Waals surface area contributed by atoms with Gasteiger partial charge in [0.1, 0.15) is 0 Å². The molecule has 0 aliphatic carbocycles. The van der Waals surface area contributed by atoms with Crippen LogP contribution in [0.3, 0.4) is 0 Å². The Morgan fingerprint density at radius 2 is 1.21 bits per heavy atom. The topological polar surface area (TPSA) is 105 Å². The van der Waals surface area contributed by atoms with Gasteiger partial charge in [-0.1, -0.05) is 0 Å². The summed E-state index contributed by atoms with van der Waals surface area (Å²) in [7, 11) is 1.16. The minimum atomic E-state index is -0.738. The molecule has 0 saturated carbocycles. The van der Waals surface area contributed by atoms with E-state index in [1.807, 2.05) is 0 Å². The molecule has 19 heavy (non-hydrogen) atoms. The SMILES string of the molecule is CCOC(=O)COC(=O)CCC(=O)OCC(=O)OC. The van der Waals surface area contributed by atoms with Gasteiger partial charge in [-0.3, -0.25) is 9.59 Å². The van der Waals surface area contributed by atoms with Crippen LogP contribution in [0.4, 0.5) is 0 Å². The van der Waals surface area contributed by atoms with Crippen molar-refractivity contribution in [3.8, 4) is 0 Å². The van der Waals surface area contributed by atoms with Gasteiger partial charge in [-0.25, -0.2) is 9.59 Å². The molecule has 0 N–H and O–H groups in total. The third-order valence-corrected chi connectivity index (χ3v) is 1.77. The highest BCUT2D eigenvalue weighted by molar-refractivity contribution is 5.81. The molecule has 108 valence electrons. The standard InChI is InChI=1S/C11H16O8/c1-3-17-11(15)7-19-9(13)5-4-8(12)18-6-10(14)16-2/h3-7H2,1-2H3. The van der Waals surface area contributed by atoms with E-state index in [-0.39, 0.29) is 19.4 Å². The lowest BCUT2D eigenvalue weighted by molar-refractivity contribution is -0.161. The van der Waals surface area contributed by atoms with Gasteiger partial charge >= 0.3 is 23.9 Å². The predicted molar refractivity (Wildman–Crippen MR) is 59.8 cm³/mol. The van der Waals surface area contributed by atoms with E-state index in [1.54, 1.807) is 6.92 Å². The molecule has 0 aromatic rings. The Morgan fingerprint density at radius 1 is 0.737 bits per heavy atom. The number of hydrogen-bond acceptors (Lipinski definition) is 8. The normalized spacial score (nSPS) is 9.37. The first kappa shape index (κ1) is 16.9. The second-order valence-electron chi connectivity index (χ2n) is 3.20. The molecule has 0 radical (unpaired) electrons. The lowest BCUT2D eigenvalue weighted by Crippen LogP contribution is -2.18. The quantitative estimate of drug-likeness (QED) is 0.435. The minimum absolute atomic E-state index is 0.191. The number of carbonyl (C=O) groups excluding carboxylic acids is 4. The Bertz CT molecular complexity index is 336. The van der Waals surface area contributed by atoms with Gasteiger partial charge in [0.2, 0.25) is 0 Å². The maximum Gasteiger partial charge on any atom is 0.344 e. The van der Waals surface area contributed by atoms with Crippen LogP contribution in [-0.4, -0.2) is 50.8 Å². The molecule has 0 aromatic heterocycles. The molecule has 8 heteroatoms. The molecule has 0 rings (SSSR count). The molecule has 0 bridgehead atoms. The van der Waals surface area contributed by atoms with Gasteiger partial charge in [0.25, 0.3) is 0 Å². The fourth-order valence-corrected chi connectivity index (χ4v) is 0.889. The Balaban J connectivity index is 3.69. The lowest BCUT2D eigenvalue weighted by atomic mass is 10.3. The van der Waals surface area contributed by atoms with Gasteiger partial charge < -0.3 is 18.9 Å². The fraction of sp³-hybridized carbons (Fsp3) is 0.636. The summed E-state index contributed by atoms with van der Waals surface area (Å²) in [5, 5.41) is 0. The molecule has 0 aliphatic heterocycles. The van der Waals surface area contributed by atoms with Crippen molar-refractivity contribution in [3.05, 3.63) is 0 Å². The fourth-order valence-electron chi connectivity index (χ4n) is 0.889. The summed E-state index contributed by atoms with van der Waals surface area (Å²) in [5.74, 6) is -2.83. The molecule has 0 heterocycles. The van der Waals surface area contributed by atoms with Crippen molar-refractivity contribution in [1.82, 2.24) is 0 Å². The zero-order valence-corrected chi connectivity index (χ0v) is 10.8. The molecule has 0 unspecified atom stereocenters. The Labute approximate surface area is 109 Å². The van der Waals surface area contributed by atoms with Gasteiger partial charge in [0, 0.05) is 0 Å². The summed E-state index contributed by atoms with van der Waals surface area (Å²) in [6, 6.07) is 0. The van der Waals surface area contributed by atoms with Crippen LogP contribution in [0.15, 0.2) is 0 Å². The van der Waals surface area contributed by atoms with Crippen LogP contribution < -0.4 is 0 Å². The number of esters is 4. The zero-order chi connectivity index (χ0) is 14.7. The van der Waals surface area contributed by atoms with Crippen molar-refractivity contribution in [2.75, 3.05) is 26.9 Å². The summed E-state index contributed by atoms with van der Waals surface area (Å²) in [5.41, 5.74) is 0. The summed E-state index contributed by atoms with van der Waals surface area (Å²) in [6.45, 7) is 0.810. The zero-order valence-electron chi connectivity index (χ0n) is 10.8. The number of ether oxygens (including phenoxy) is 4. The second-order valence-corrected chi connectivity index (χ2v) is 3.20. The summed E-state index contributed by atoms with van der Waals surface area (Å²) in [6.07, 6.45) is -0.502. The van der Waals surface area contributed by atoms with Crippen molar-refractivity contribution >= 4 is 23.9 Å². The largest absolute Gasteiger partial charge is 0.466 e. The van der Waals surface area contributed by atoms with Crippen LogP contribution in [0.25, 0.3) is 0 Å². The highest BCUT2D eigenvalue weighted by atomic mass is 16.6. The van der Waals surface area contributed by atoms with E-state index in [2.05, 4.69) is 18.9 Å². The van der Waals surface area contributed by atoms with Gasteiger partial charge in [0.05, 0.1) is 26.6 Å². The Hall–Kier alpha value is -2.12. The first-order valence-corrected chi connectivity index (χ1v) is 5.53. The Kier molecular flexibility index (Phi) is 8.76. The maximum absolute atomic E-state index is 11.1. The Morgan fingerprint density at radius 3 is 1.63 bits per heavy atom. The van der Waals surface area contributed by atoms with Crippen molar-refractivity contribution in [3.63, 3.8) is 0 Å². The molecule has 0 aliphatic rings. The smallest absolute Gasteiger partial charge is 0.344 e. The van der Waals surface area contributed by atoms with Gasteiger partial charge in [-0.05, 0) is 6.92 Å². The number of methoxy groups -OCH3 is 1. The number of carbonyl (C=O) groups is 4. The van der Waals surface area contributed by atoms with E-state index in [0.29, 0.717) is 0 Å². The van der Waals surface area contributed by atoms with Crippen LogP contribution >= 0.6 is 0 Å². The van der Waals surface area contributed by atoms with Crippen molar-refractivity contribution < 1.29 is 38.1 Å². The molecular weight excluding hydrogens is 260 g/mol. The van der Waals surface area contributed by atoms with Crippen molar-refractivity contribution in [2.24, 2.45) is 0 Å². The van der Waals surface area contributed by atoms with Crippen molar-refractivity contribution in [1.29, 1.82) is 0 Å². The van der Waals surface area contributed by atoms with E-state index in [4.69, 9.17) is 0 Å². The molecule has 0 fully saturated rings. The molecule has 0 saturated heterocycles. The first-order chi connectivity index (χ1) is 8.99. The van der Waals surface area contributed by atoms with E-state index < -0.39 is 37.1 Å². The number of hydrogen-bond donors (Lipinski definition) is 0. The van der Waals surface area contributed by atoms with Crippen molar-refractivity contribution in [2.45, 2.75) is 19.8 Å². The molecule has 0 spiro atoms. The summed E-state index contributed by atoms with van der Waals surface area (Å²) < 4.78 is 17.8. The van der Waals surface area contributed by atoms with Crippen LogP contribution in [-0.2, 0) is 38.1 Å². The van der Waals surface area contributed by atoms with E-state index >= 15 is 0 Å². The first-order valence-electron chi connectivity index (χ1n) is 5.53. The predicted octanol–water partition coefficient (Wildman–Crippen LogP) is -0.411. The van der Waals surface area contributed by atoms with E-state index in [0.717, 1.165) is 7.11 Å². The van der Waals surface area contributed by atoms with Crippen LogP contribution in [0.2, 0.25) is 0 Å². The average molecular weight is 276 g/mol. The van der Waals surface area contributed by atoms with Crippen LogP contribution in [0.5, 0.6) is 0 Å². The van der Waals surface area contributed by atoms with E-state index in [9.17, 15) is 19.2 Å². The second kappa shape index (κ2) is 9.86. The van der Waals surface area contributed by atoms with E-state index in [1.165, 1.54) is 0 Å². The van der Waals surface area contributed by atoms with Gasteiger partial charge in [0.15, 0.2) is 13.2 Å². The average Bonchev–Trinajstić information content (AvgIpc) is 2.40. The third kappa shape index (κ3) is 9.57. The lowest BCUT2D eigenvalue weighted by Gasteiger charge is -2.05. The highest BCUT2D eigenvalue weighted by Crippen LogP contribution is 1.97. The van der Waals surface area contributed by atoms with Gasteiger partial charge in [-0.2, -0.15) is 0 Å². The molecular formula is C11H16O8. The van der Waals surface area contributed by atoms with Crippen LogP contribution in [0.1, 0.15) is 19.8 Å². The third-order valence-electron chi connectivity index (χ3n) is 1.77. The van der Waals surface area contributed by atoms with Crippen LogP contribution in [0, 0.1) is 0 Å². The summed E-state index contributed by atoms with van der Waals surface area (Å²) in [4.78, 5) is 43.7. The highest BCUT2D eigenvalue weighted by Gasteiger charge is 2.12. The molecule has 0 amide bonds. The monoisotopic (exact) mass is 276 g/mol. The maximum atomic E-state index is 11.1. The molecule has 0 atom stereocenters. The van der Waals surface area contributed by atoms with Gasteiger partial charge in [-0.15, -0.1) is 0 Å². The summed E-state index contributed by atoms with van der Waals surface area (Å²) >= 11 is 0. The molecule has 8 nitrogen and oxygen atoms in total. The minimum Gasteiger partial charge on any atom is -0.466 e.